The van der Waals surface area contributed by atoms with Crippen LogP contribution in [0.25, 0.3) is 5.82 Å². The molecule has 5 rings (SSSR count). The van der Waals surface area contributed by atoms with Gasteiger partial charge in [-0.25, -0.2) is 9.67 Å². The molecule has 9 nitrogen and oxygen atoms in total. The zero-order valence-corrected chi connectivity index (χ0v) is 23.4. The lowest BCUT2D eigenvalue weighted by Gasteiger charge is -2.34. The van der Waals surface area contributed by atoms with Gasteiger partial charge in [-0.2, -0.15) is 13.2 Å². The van der Waals surface area contributed by atoms with E-state index in [0.717, 1.165) is 44.3 Å². The minimum Gasteiger partial charge on any atom is -0.477 e. The van der Waals surface area contributed by atoms with Crippen LogP contribution in [0.3, 0.4) is 0 Å². The quantitative estimate of drug-likeness (QED) is 0.319. The molecule has 3 N–H and O–H groups in total. The molecule has 0 radical (unpaired) electrons. The van der Waals surface area contributed by atoms with E-state index in [2.05, 4.69) is 33.9 Å². The molecular weight excluding hydrogens is 543 g/mol. The fourth-order valence-corrected chi connectivity index (χ4v) is 6.04. The first kappa shape index (κ1) is 28.3. The summed E-state index contributed by atoms with van der Waals surface area (Å²) in [4.78, 5) is 20.9. The number of fused-ring (bicyclic) bond motifs is 4. The smallest absolute Gasteiger partial charge is 0.394 e. The van der Waals surface area contributed by atoms with Crippen LogP contribution in [-0.4, -0.2) is 58.3 Å². The normalized spacial score (nSPS) is 23.6. The number of nitrogens with zero attached hydrogens (tertiary/aromatic N) is 4. The molecular formula is C27H34F3N7O2S. The van der Waals surface area contributed by atoms with E-state index >= 15 is 0 Å². The number of hydrogen-bond acceptors (Lipinski definition) is 8. The number of alkyl halides is 3. The predicted octanol–water partition coefficient (Wildman–Crippen LogP) is 5.24. The minimum atomic E-state index is -4.21. The largest absolute Gasteiger partial charge is 0.477 e. The van der Waals surface area contributed by atoms with Crippen molar-refractivity contribution in [2.24, 2.45) is 11.3 Å². The molecule has 0 spiro atoms. The maximum absolute atomic E-state index is 13.3. The van der Waals surface area contributed by atoms with E-state index < -0.39 is 11.6 Å². The maximum atomic E-state index is 13.3. The highest BCUT2D eigenvalue weighted by Gasteiger charge is 2.62. The maximum Gasteiger partial charge on any atom is 0.394 e. The average molecular weight is 578 g/mol. The highest BCUT2D eigenvalue weighted by molar-refractivity contribution is 8.02. The van der Waals surface area contributed by atoms with Crippen molar-refractivity contribution in [3.63, 3.8) is 0 Å². The summed E-state index contributed by atoms with van der Waals surface area (Å²) in [5.41, 5.74) is -1.45. The Balaban J connectivity index is 1.39. The van der Waals surface area contributed by atoms with Gasteiger partial charge in [0.15, 0.2) is 5.82 Å². The van der Waals surface area contributed by atoms with Crippen LogP contribution in [0.5, 0.6) is 5.88 Å². The number of carbonyl (C=O) groups is 1. The van der Waals surface area contributed by atoms with Gasteiger partial charge in [0, 0.05) is 43.3 Å². The summed E-state index contributed by atoms with van der Waals surface area (Å²) in [7, 11) is 0. The minimum absolute atomic E-state index is 0.0724. The van der Waals surface area contributed by atoms with E-state index in [1.54, 1.807) is 30.6 Å². The molecule has 1 saturated heterocycles. The number of amides is 1. The molecule has 2 aliphatic heterocycles. The summed E-state index contributed by atoms with van der Waals surface area (Å²) in [6.07, 6.45) is 3.50. The SMILES string of the molecule is CC1(C)CC2CCCN/C=C(\C=N)SNC(=O)c3ccc(-n4ccc(OCCC5(C(F)(F)F)CC5)n4)nc3N1C2. The Kier molecular flexibility index (Phi) is 7.77. The lowest BCUT2D eigenvalue weighted by Crippen LogP contribution is -2.40. The van der Waals surface area contributed by atoms with E-state index in [-0.39, 0.29) is 43.2 Å². The van der Waals surface area contributed by atoms with Crippen molar-refractivity contribution in [1.29, 1.82) is 5.41 Å². The van der Waals surface area contributed by atoms with E-state index in [9.17, 15) is 18.0 Å². The summed E-state index contributed by atoms with van der Waals surface area (Å²) in [6.45, 7) is 5.76. The van der Waals surface area contributed by atoms with E-state index in [1.807, 2.05) is 0 Å². The fraction of sp³-hybridized carbons (Fsp3) is 0.556. The number of nitrogens with one attached hydrogen (secondary N) is 3. The number of halogens is 3. The van der Waals surface area contributed by atoms with Crippen LogP contribution in [0.15, 0.2) is 35.5 Å². The van der Waals surface area contributed by atoms with Crippen LogP contribution in [-0.2, 0) is 0 Å². The van der Waals surface area contributed by atoms with Gasteiger partial charge in [0.05, 0.1) is 22.5 Å². The molecule has 2 bridgehead atoms. The third-order valence-electron chi connectivity index (χ3n) is 7.99. The number of ether oxygens (including phenoxy) is 1. The van der Waals surface area contributed by atoms with Gasteiger partial charge >= 0.3 is 6.18 Å². The molecule has 216 valence electrons. The Morgan fingerprint density at radius 2 is 2.08 bits per heavy atom. The Morgan fingerprint density at radius 1 is 1.27 bits per heavy atom. The number of anilines is 1. The summed E-state index contributed by atoms with van der Waals surface area (Å²) in [6, 6.07) is 4.98. The highest BCUT2D eigenvalue weighted by atomic mass is 32.2. The zero-order chi connectivity index (χ0) is 28.5. The van der Waals surface area contributed by atoms with E-state index in [0.29, 0.717) is 28.0 Å². The first-order chi connectivity index (χ1) is 19.0. The Labute approximate surface area is 235 Å². The van der Waals surface area contributed by atoms with Crippen molar-refractivity contribution in [1.82, 2.24) is 24.8 Å². The Morgan fingerprint density at radius 3 is 2.80 bits per heavy atom. The summed E-state index contributed by atoms with van der Waals surface area (Å²) in [5.74, 6) is 1.32. The van der Waals surface area contributed by atoms with Crippen LogP contribution in [0.2, 0.25) is 0 Å². The standard InChI is InChI=1S/C27H34F3N7O2S/c1-25(2)14-18-4-3-11-32-16-19(15-31)40-35-24(38)20-5-6-21(33-23(20)36(25)17-18)37-12-7-22(34-37)39-13-10-26(8-9-26)27(28,29)30/h5-7,12,15-16,18,31-32H,3-4,8-11,13-14,17H2,1-2H3,(H,35,38)/b19-16+,31-15?. The van der Waals surface area contributed by atoms with Crippen LogP contribution in [0.1, 0.15) is 62.7 Å². The number of rotatable bonds is 6. The molecule has 2 aromatic heterocycles. The first-order valence-electron chi connectivity index (χ1n) is 13.5. The van der Waals surface area contributed by atoms with Crippen molar-refractivity contribution in [2.45, 2.75) is 64.1 Å². The molecule has 13 heteroatoms. The van der Waals surface area contributed by atoms with Crippen molar-refractivity contribution in [2.75, 3.05) is 24.6 Å². The molecule has 1 unspecified atom stereocenters. The first-order valence-corrected chi connectivity index (χ1v) is 14.3. The predicted molar refractivity (Wildman–Crippen MR) is 148 cm³/mol. The molecule has 2 aromatic rings. The van der Waals surface area contributed by atoms with Crippen molar-refractivity contribution < 1.29 is 22.7 Å². The van der Waals surface area contributed by atoms with Crippen molar-refractivity contribution >= 4 is 29.9 Å². The van der Waals surface area contributed by atoms with Gasteiger partial charge in [0.25, 0.3) is 5.91 Å². The lowest BCUT2D eigenvalue weighted by atomic mass is 9.93. The Hall–Kier alpha value is -3.22. The van der Waals surface area contributed by atoms with Gasteiger partial charge in [-0.05, 0) is 82.4 Å². The molecule has 4 heterocycles. The molecule has 1 aliphatic carbocycles. The van der Waals surface area contributed by atoms with Gasteiger partial charge in [0.1, 0.15) is 5.82 Å². The fourth-order valence-electron chi connectivity index (χ4n) is 5.52. The van der Waals surface area contributed by atoms with E-state index in [1.165, 1.54) is 10.9 Å². The Bertz CT molecular complexity index is 1290. The average Bonchev–Trinajstić information content (AvgIpc) is 3.46. The van der Waals surface area contributed by atoms with Crippen LogP contribution < -0.4 is 19.7 Å². The van der Waals surface area contributed by atoms with Gasteiger partial charge in [-0.1, -0.05) is 0 Å². The number of carbonyl (C=O) groups excluding carboxylic acids is 1. The van der Waals surface area contributed by atoms with Crippen molar-refractivity contribution in [3.05, 3.63) is 41.1 Å². The number of aromatic nitrogens is 3. The molecule has 3 aliphatic rings. The third kappa shape index (κ3) is 5.93. The molecule has 0 aromatic carbocycles. The van der Waals surface area contributed by atoms with Gasteiger partial charge in [-0.15, -0.1) is 5.10 Å². The lowest BCUT2D eigenvalue weighted by molar-refractivity contribution is -0.190. The van der Waals surface area contributed by atoms with Crippen LogP contribution in [0, 0.1) is 16.7 Å². The molecule has 1 saturated carbocycles. The highest BCUT2D eigenvalue weighted by Crippen LogP contribution is 2.59. The van der Waals surface area contributed by atoms with Gasteiger partial charge in [-0.3, -0.25) is 9.52 Å². The molecule has 40 heavy (non-hydrogen) atoms. The number of allylic oxidation sites excluding steroid dienone is 1. The molecule has 2 fully saturated rings. The summed E-state index contributed by atoms with van der Waals surface area (Å²) in [5, 5.41) is 15.2. The third-order valence-corrected chi connectivity index (χ3v) is 8.75. The van der Waals surface area contributed by atoms with Gasteiger partial charge in [0.2, 0.25) is 5.88 Å². The van der Waals surface area contributed by atoms with Gasteiger partial charge < -0.3 is 20.4 Å². The number of hydrogen-bond donors (Lipinski definition) is 3. The zero-order valence-electron chi connectivity index (χ0n) is 22.6. The van der Waals surface area contributed by atoms with Crippen LogP contribution in [0.4, 0.5) is 19.0 Å². The van der Waals surface area contributed by atoms with Crippen LogP contribution >= 0.6 is 11.9 Å². The molecule has 1 atom stereocenters. The summed E-state index contributed by atoms with van der Waals surface area (Å²) < 4.78 is 49.5. The monoisotopic (exact) mass is 577 g/mol. The van der Waals surface area contributed by atoms with E-state index in [4.69, 9.17) is 15.1 Å². The molecule has 1 amide bonds. The van der Waals surface area contributed by atoms with Crippen molar-refractivity contribution in [3.8, 4) is 11.7 Å². The second-order valence-corrected chi connectivity index (χ2v) is 12.2. The summed E-state index contributed by atoms with van der Waals surface area (Å²) >= 11 is 1.06. The number of pyridine rings is 1. The topological polar surface area (TPSA) is 108 Å². The second-order valence-electron chi connectivity index (χ2n) is 11.3. The second kappa shape index (κ2) is 11.0.